The Morgan fingerprint density at radius 2 is 2.17 bits per heavy atom. The van der Waals surface area contributed by atoms with Gasteiger partial charge in [0.2, 0.25) is 0 Å². The summed E-state index contributed by atoms with van der Waals surface area (Å²) in [6.07, 6.45) is 0. The molecule has 0 atom stereocenters. The van der Waals surface area contributed by atoms with Crippen LogP contribution in [0.25, 0.3) is 0 Å². The zero-order chi connectivity index (χ0) is 13.5. The van der Waals surface area contributed by atoms with Crippen molar-refractivity contribution in [2.75, 3.05) is 12.9 Å². The Morgan fingerprint density at radius 1 is 1.44 bits per heavy atom. The summed E-state index contributed by atoms with van der Waals surface area (Å²) >= 11 is 1.09. The first kappa shape index (κ1) is 14.3. The van der Waals surface area contributed by atoms with Crippen molar-refractivity contribution in [3.63, 3.8) is 0 Å². The molecule has 0 bridgehead atoms. The molecule has 5 heteroatoms. The molecule has 3 nitrogen and oxygen atoms in total. The molecule has 0 aromatic heterocycles. The first-order valence-electron chi connectivity index (χ1n) is 5.04. The predicted molar refractivity (Wildman–Crippen MR) is 67.8 cm³/mol. The molecular weight excluding hydrogens is 255 g/mol. The van der Waals surface area contributed by atoms with E-state index in [1.165, 1.54) is 26.2 Å². The van der Waals surface area contributed by atoms with Gasteiger partial charge in [0.15, 0.2) is 5.12 Å². The number of methoxy groups -OCH3 is 1. The van der Waals surface area contributed by atoms with E-state index in [1.807, 2.05) is 0 Å². The van der Waals surface area contributed by atoms with E-state index in [0.29, 0.717) is 11.3 Å². The quantitative estimate of drug-likeness (QED) is 0.608. The topological polar surface area (TPSA) is 43.4 Å². The lowest BCUT2D eigenvalue weighted by molar-refractivity contribution is -0.109. The molecule has 94 valence electrons. The molecule has 1 aromatic carbocycles. The average molecular weight is 266 g/mol. The molecule has 0 saturated carbocycles. The summed E-state index contributed by atoms with van der Waals surface area (Å²) in [5.41, 5.74) is 0.351. The molecule has 1 rings (SSSR count). The third-order valence-electron chi connectivity index (χ3n) is 1.95. The van der Waals surface area contributed by atoms with Gasteiger partial charge in [-0.1, -0.05) is 23.6 Å². The number of thioether (sulfide) groups is 1. The molecule has 0 unspecified atom stereocenters. The molecule has 0 saturated heterocycles. The van der Waals surface area contributed by atoms with E-state index in [0.717, 1.165) is 17.8 Å². The highest BCUT2D eigenvalue weighted by molar-refractivity contribution is 8.13. The van der Waals surface area contributed by atoms with Crippen molar-refractivity contribution in [2.45, 2.75) is 6.92 Å². The molecule has 0 radical (unpaired) electrons. The van der Waals surface area contributed by atoms with Gasteiger partial charge in [-0.25, -0.2) is 9.18 Å². The smallest absolute Gasteiger partial charge is 0.340 e. The molecule has 0 fully saturated rings. The third kappa shape index (κ3) is 4.22. The van der Waals surface area contributed by atoms with Gasteiger partial charge >= 0.3 is 5.97 Å². The fraction of sp³-hybridized carbons (Fsp3) is 0.231. The van der Waals surface area contributed by atoms with Crippen LogP contribution in [-0.2, 0) is 9.53 Å². The minimum atomic E-state index is -0.741. The Hall–Kier alpha value is -1.80. The Labute approximate surface area is 109 Å². The highest BCUT2D eigenvalue weighted by Crippen LogP contribution is 2.11. The van der Waals surface area contributed by atoms with Gasteiger partial charge in [-0.3, -0.25) is 4.79 Å². The Bertz CT molecular complexity index is 529. The van der Waals surface area contributed by atoms with E-state index in [2.05, 4.69) is 16.6 Å². The molecule has 0 aliphatic carbocycles. The maximum Gasteiger partial charge on any atom is 0.340 e. The second kappa shape index (κ2) is 6.82. The number of esters is 1. The third-order valence-corrected chi connectivity index (χ3v) is 2.65. The number of ether oxygens (including phenoxy) is 1. The van der Waals surface area contributed by atoms with Crippen molar-refractivity contribution < 1.29 is 18.7 Å². The lowest BCUT2D eigenvalue weighted by Gasteiger charge is -2.01. The minimum absolute atomic E-state index is 0.0151. The van der Waals surface area contributed by atoms with Crippen molar-refractivity contribution in [2.24, 2.45) is 0 Å². The summed E-state index contributed by atoms with van der Waals surface area (Å²) in [6, 6.07) is 3.95. The number of benzene rings is 1. The maximum atomic E-state index is 13.3. The molecule has 0 aliphatic heterocycles. The zero-order valence-electron chi connectivity index (χ0n) is 9.95. The van der Waals surface area contributed by atoms with Crippen LogP contribution in [0, 0.1) is 17.7 Å². The molecule has 1 aromatic rings. The van der Waals surface area contributed by atoms with E-state index in [4.69, 9.17) is 0 Å². The van der Waals surface area contributed by atoms with Crippen LogP contribution in [0.2, 0.25) is 0 Å². The van der Waals surface area contributed by atoms with Crippen molar-refractivity contribution in [1.29, 1.82) is 0 Å². The second-order valence-corrected chi connectivity index (χ2v) is 4.42. The fourth-order valence-electron chi connectivity index (χ4n) is 1.15. The summed E-state index contributed by atoms with van der Waals surface area (Å²) < 4.78 is 17.8. The SMILES string of the molecule is COC(=O)c1cc(C#CCSC(C)=O)ccc1F. The highest BCUT2D eigenvalue weighted by atomic mass is 32.2. The fourth-order valence-corrected chi connectivity index (χ4v) is 1.49. The van der Waals surface area contributed by atoms with Crippen molar-refractivity contribution in [1.82, 2.24) is 0 Å². The van der Waals surface area contributed by atoms with Gasteiger partial charge in [0.05, 0.1) is 18.4 Å². The van der Waals surface area contributed by atoms with Crippen LogP contribution in [0.5, 0.6) is 0 Å². The molecule has 0 heterocycles. The van der Waals surface area contributed by atoms with Crippen LogP contribution in [0.4, 0.5) is 4.39 Å². The second-order valence-electron chi connectivity index (χ2n) is 3.27. The van der Waals surface area contributed by atoms with Gasteiger partial charge in [-0.2, -0.15) is 0 Å². The van der Waals surface area contributed by atoms with Crippen LogP contribution in [0.1, 0.15) is 22.8 Å². The molecule has 0 spiro atoms. The van der Waals surface area contributed by atoms with E-state index in [-0.39, 0.29) is 10.7 Å². The predicted octanol–water partition coefficient (Wildman–Crippen LogP) is 2.24. The van der Waals surface area contributed by atoms with Crippen molar-refractivity contribution in [3.8, 4) is 11.8 Å². The number of hydrogen-bond donors (Lipinski definition) is 0. The van der Waals surface area contributed by atoms with Gasteiger partial charge in [-0.05, 0) is 18.2 Å². The summed E-state index contributed by atoms with van der Waals surface area (Å²) in [5.74, 6) is 4.48. The van der Waals surface area contributed by atoms with Gasteiger partial charge in [0.25, 0.3) is 0 Å². The van der Waals surface area contributed by atoms with E-state index < -0.39 is 11.8 Å². The Kier molecular flexibility index (Phi) is 5.40. The van der Waals surface area contributed by atoms with Crippen LogP contribution in [0.3, 0.4) is 0 Å². The van der Waals surface area contributed by atoms with E-state index >= 15 is 0 Å². The normalized spacial score (nSPS) is 9.28. The lowest BCUT2D eigenvalue weighted by atomic mass is 10.1. The maximum absolute atomic E-state index is 13.3. The monoisotopic (exact) mass is 266 g/mol. The molecular formula is C13H11FO3S. The molecule has 0 N–H and O–H groups in total. The summed E-state index contributed by atoms with van der Waals surface area (Å²) in [6.45, 7) is 1.46. The van der Waals surface area contributed by atoms with Crippen molar-refractivity contribution in [3.05, 3.63) is 35.1 Å². The zero-order valence-corrected chi connectivity index (χ0v) is 10.8. The van der Waals surface area contributed by atoms with E-state index in [1.54, 1.807) is 0 Å². The van der Waals surface area contributed by atoms with Gasteiger partial charge < -0.3 is 4.74 Å². The van der Waals surface area contributed by atoms with Crippen molar-refractivity contribution >= 4 is 22.8 Å². The van der Waals surface area contributed by atoms with Gasteiger partial charge in [-0.15, -0.1) is 0 Å². The Balaban J connectivity index is 2.85. The van der Waals surface area contributed by atoms with Gasteiger partial charge in [0, 0.05) is 12.5 Å². The number of carbonyl (C=O) groups excluding carboxylic acids is 2. The first-order chi connectivity index (χ1) is 8.54. The standard InChI is InChI=1S/C13H11FO3S/c1-9(15)18-7-3-4-10-5-6-12(14)11(8-10)13(16)17-2/h5-6,8H,7H2,1-2H3. The van der Waals surface area contributed by atoms with Crippen LogP contribution in [0.15, 0.2) is 18.2 Å². The average Bonchev–Trinajstić information content (AvgIpc) is 2.35. The molecule has 18 heavy (non-hydrogen) atoms. The lowest BCUT2D eigenvalue weighted by Crippen LogP contribution is -2.04. The largest absolute Gasteiger partial charge is 0.465 e. The first-order valence-corrected chi connectivity index (χ1v) is 6.03. The van der Waals surface area contributed by atoms with Crippen LogP contribution < -0.4 is 0 Å². The van der Waals surface area contributed by atoms with Gasteiger partial charge in [0.1, 0.15) is 5.82 Å². The molecule has 0 amide bonds. The number of rotatable bonds is 2. The van der Waals surface area contributed by atoms with E-state index in [9.17, 15) is 14.0 Å². The number of hydrogen-bond acceptors (Lipinski definition) is 4. The number of carbonyl (C=O) groups is 2. The number of halogens is 1. The molecule has 0 aliphatic rings. The van der Waals surface area contributed by atoms with Crippen LogP contribution in [-0.4, -0.2) is 23.9 Å². The summed E-state index contributed by atoms with van der Waals surface area (Å²) in [5, 5.41) is -0.0151. The highest BCUT2D eigenvalue weighted by Gasteiger charge is 2.11. The minimum Gasteiger partial charge on any atom is -0.465 e. The van der Waals surface area contributed by atoms with Crippen LogP contribution >= 0.6 is 11.8 Å². The summed E-state index contributed by atoms with van der Waals surface area (Å²) in [7, 11) is 1.18. The summed E-state index contributed by atoms with van der Waals surface area (Å²) in [4.78, 5) is 21.9. The Morgan fingerprint density at radius 3 is 2.78 bits per heavy atom.